The minimum atomic E-state index is -0.405. The zero-order valence-corrected chi connectivity index (χ0v) is 12.2. The van der Waals surface area contributed by atoms with E-state index in [4.69, 9.17) is 0 Å². The first-order chi connectivity index (χ1) is 10.2. The molecule has 0 fully saturated rings. The van der Waals surface area contributed by atoms with E-state index in [1.54, 1.807) is 18.2 Å². The molecule has 6 nitrogen and oxygen atoms in total. The highest BCUT2D eigenvalue weighted by atomic mass is 16.6. The Morgan fingerprint density at radius 3 is 2.67 bits per heavy atom. The SMILES string of the molecule is CCCc1cc(NCC)nc(-c2ccccc2[N+](=O)[O-])n1. The number of aryl methyl sites for hydroxylation is 1. The predicted octanol–water partition coefficient (Wildman–Crippen LogP) is 3.44. The maximum atomic E-state index is 11.2. The Hall–Kier alpha value is -2.50. The van der Waals surface area contributed by atoms with E-state index in [0.29, 0.717) is 17.2 Å². The summed E-state index contributed by atoms with van der Waals surface area (Å²) in [6, 6.07) is 8.44. The summed E-state index contributed by atoms with van der Waals surface area (Å²) < 4.78 is 0. The molecule has 0 atom stereocenters. The van der Waals surface area contributed by atoms with Gasteiger partial charge in [0.15, 0.2) is 5.82 Å². The minimum Gasteiger partial charge on any atom is -0.370 e. The van der Waals surface area contributed by atoms with Crippen LogP contribution in [-0.4, -0.2) is 21.4 Å². The molecule has 1 aromatic carbocycles. The van der Waals surface area contributed by atoms with Crippen molar-refractivity contribution in [3.63, 3.8) is 0 Å². The van der Waals surface area contributed by atoms with Gasteiger partial charge < -0.3 is 5.32 Å². The lowest BCUT2D eigenvalue weighted by molar-refractivity contribution is -0.384. The molecule has 0 bridgehead atoms. The van der Waals surface area contributed by atoms with Crippen molar-refractivity contribution in [2.75, 3.05) is 11.9 Å². The predicted molar refractivity (Wildman–Crippen MR) is 82.3 cm³/mol. The minimum absolute atomic E-state index is 0.0218. The highest BCUT2D eigenvalue weighted by Crippen LogP contribution is 2.28. The van der Waals surface area contributed by atoms with Gasteiger partial charge in [0.1, 0.15) is 5.82 Å². The number of aromatic nitrogens is 2. The second-order valence-electron chi connectivity index (χ2n) is 4.62. The molecule has 2 rings (SSSR count). The molecule has 110 valence electrons. The fourth-order valence-electron chi connectivity index (χ4n) is 2.10. The van der Waals surface area contributed by atoms with Crippen molar-refractivity contribution in [1.29, 1.82) is 0 Å². The molecule has 2 aromatic rings. The summed E-state index contributed by atoms with van der Waals surface area (Å²) >= 11 is 0. The first-order valence-corrected chi connectivity index (χ1v) is 7.01. The molecule has 0 saturated heterocycles. The van der Waals surface area contributed by atoms with Crippen molar-refractivity contribution in [3.8, 4) is 11.4 Å². The molecule has 0 aliphatic carbocycles. The van der Waals surface area contributed by atoms with Crippen LogP contribution in [0.15, 0.2) is 30.3 Å². The highest BCUT2D eigenvalue weighted by Gasteiger charge is 2.17. The van der Waals surface area contributed by atoms with E-state index < -0.39 is 4.92 Å². The van der Waals surface area contributed by atoms with E-state index in [1.165, 1.54) is 6.07 Å². The Morgan fingerprint density at radius 2 is 2.00 bits per heavy atom. The van der Waals surface area contributed by atoms with Gasteiger partial charge in [0.2, 0.25) is 0 Å². The summed E-state index contributed by atoms with van der Waals surface area (Å²) in [5, 5.41) is 14.3. The maximum absolute atomic E-state index is 11.2. The van der Waals surface area contributed by atoms with Crippen molar-refractivity contribution >= 4 is 11.5 Å². The van der Waals surface area contributed by atoms with Crippen LogP contribution in [0, 0.1) is 10.1 Å². The number of nitro benzene ring substituents is 1. The Bertz CT molecular complexity index is 619. The van der Waals surface area contributed by atoms with Gasteiger partial charge in [-0.2, -0.15) is 0 Å². The fourth-order valence-corrected chi connectivity index (χ4v) is 2.10. The molecule has 0 amide bonds. The van der Waals surface area contributed by atoms with Crippen molar-refractivity contribution in [1.82, 2.24) is 9.97 Å². The molecule has 0 saturated carbocycles. The number of hydrogen-bond acceptors (Lipinski definition) is 5. The largest absolute Gasteiger partial charge is 0.370 e. The van der Waals surface area contributed by atoms with Gasteiger partial charge >= 0.3 is 0 Å². The van der Waals surface area contributed by atoms with Gasteiger partial charge in [0.05, 0.1) is 10.5 Å². The molecular weight excluding hydrogens is 268 g/mol. The first-order valence-electron chi connectivity index (χ1n) is 7.01. The number of nitrogens with one attached hydrogen (secondary N) is 1. The monoisotopic (exact) mass is 286 g/mol. The summed E-state index contributed by atoms with van der Waals surface area (Å²) in [5.41, 5.74) is 1.35. The molecular formula is C15H18N4O2. The average Bonchev–Trinajstić information content (AvgIpc) is 2.47. The molecule has 1 N–H and O–H groups in total. The van der Waals surface area contributed by atoms with Crippen LogP contribution >= 0.6 is 0 Å². The van der Waals surface area contributed by atoms with E-state index >= 15 is 0 Å². The van der Waals surface area contributed by atoms with Crippen molar-refractivity contribution < 1.29 is 4.92 Å². The third kappa shape index (κ3) is 3.53. The standard InChI is InChI=1S/C15H18N4O2/c1-3-7-11-10-14(16-4-2)18-15(17-11)12-8-5-6-9-13(12)19(20)21/h5-6,8-10H,3-4,7H2,1-2H3,(H,16,17,18). The number of rotatable bonds is 6. The molecule has 0 aliphatic rings. The van der Waals surface area contributed by atoms with Crippen molar-refractivity contribution in [3.05, 3.63) is 46.1 Å². The van der Waals surface area contributed by atoms with Gasteiger partial charge in [0.25, 0.3) is 5.69 Å². The molecule has 0 aliphatic heterocycles. The van der Waals surface area contributed by atoms with Crippen LogP contribution < -0.4 is 5.32 Å². The Morgan fingerprint density at radius 1 is 1.24 bits per heavy atom. The van der Waals surface area contributed by atoms with Gasteiger partial charge in [-0.25, -0.2) is 9.97 Å². The molecule has 1 heterocycles. The summed E-state index contributed by atoms with van der Waals surface area (Å²) in [6.45, 7) is 4.78. The van der Waals surface area contributed by atoms with Crippen LogP contribution in [0.3, 0.4) is 0 Å². The topological polar surface area (TPSA) is 81.0 Å². The molecule has 6 heteroatoms. The second kappa shape index (κ2) is 6.78. The van der Waals surface area contributed by atoms with Crippen LogP contribution in [0.25, 0.3) is 11.4 Å². The first kappa shape index (κ1) is 14.9. The zero-order chi connectivity index (χ0) is 15.2. The number of nitro groups is 1. The van der Waals surface area contributed by atoms with Crippen LogP contribution in [0.2, 0.25) is 0 Å². The molecule has 1 aromatic heterocycles. The molecule has 0 unspecified atom stereocenters. The zero-order valence-electron chi connectivity index (χ0n) is 12.2. The summed E-state index contributed by atoms with van der Waals surface area (Å²) in [4.78, 5) is 19.6. The Labute approximate surface area is 123 Å². The Kier molecular flexibility index (Phi) is 4.81. The summed E-state index contributed by atoms with van der Waals surface area (Å²) in [5.74, 6) is 1.09. The molecule has 0 spiro atoms. The van der Waals surface area contributed by atoms with Crippen LogP contribution in [0.4, 0.5) is 11.5 Å². The van der Waals surface area contributed by atoms with Gasteiger partial charge in [0, 0.05) is 24.4 Å². The van der Waals surface area contributed by atoms with Gasteiger partial charge in [-0.05, 0) is 19.4 Å². The summed E-state index contributed by atoms with van der Waals surface area (Å²) in [7, 11) is 0. The normalized spacial score (nSPS) is 10.4. The number of nitrogens with zero attached hydrogens (tertiary/aromatic N) is 3. The highest BCUT2D eigenvalue weighted by molar-refractivity contribution is 5.68. The smallest absolute Gasteiger partial charge is 0.280 e. The van der Waals surface area contributed by atoms with E-state index in [1.807, 2.05) is 13.0 Å². The van der Waals surface area contributed by atoms with Crippen LogP contribution in [-0.2, 0) is 6.42 Å². The van der Waals surface area contributed by atoms with Crippen molar-refractivity contribution in [2.24, 2.45) is 0 Å². The lowest BCUT2D eigenvalue weighted by Gasteiger charge is -2.09. The second-order valence-corrected chi connectivity index (χ2v) is 4.62. The van der Waals surface area contributed by atoms with E-state index in [-0.39, 0.29) is 5.69 Å². The molecule has 21 heavy (non-hydrogen) atoms. The lowest BCUT2D eigenvalue weighted by Crippen LogP contribution is -2.05. The average molecular weight is 286 g/mol. The number of hydrogen-bond donors (Lipinski definition) is 1. The Balaban J connectivity index is 2.54. The van der Waals surface area contributed by atoms with E-state index in [2.05, 4.69) is 22.2 Å². The number of para-hydroxylation sites is 1. The third-order valence-corrected chi connectivity index (χ3v) is 2.98. The van der Waals surface area contributed by atoms with Crippen molar-refractivity contribution in [2.45, 2.75) is 26.7 Å². The number of anilines is 1. The van der Waals surface area contributed by atoms with Gasteiger partial charge in [-0.3, -0.25) is 10.1 Å². The van der Waals surface area contributed by atoms with Gasteiger partial charge in [-0.1, -0.05) is 25.5 Å². The summed E-state index contributed by atoms with van der Waals surface area (Å²) in [6.07, 6.45) is 1.77. The maximum Gasteiger partial charge on any atom is 0.280 e. The number of benzene rings is 1. The van der Waals surface area contributed by atoms with E-state index in [0.717, 1.165) is 25.1 Å². The van der Waals surface area contributed by atoms with Gasteiger partial charge in [-0.15, -0.1) is 0 Å². The quantitative estimate of drug-likeness (QED) is 0.650. The third-order valence-electron chi connectivity index (χ3n) is 2.98. The van der Waals surface area contributed by atoms with Crippen LogP contribution in [0.1, 0.15) is 26.0 Å². The van der Waals surface area contributed by atoms with E-state index in [9.17, 15) is 10.1 Å². The fraction of sp³-hybridized carbons (Fsp3) is 0.333. The lowest BCUT2D eigenvalue weighted by atomic mass is 10.1. The van der Waals surface area contributed by atoms with Crippen LogP contribution in [0.5, 0.6) is 0 Å². The molecule has 0 radical (unpaired) electrons.